The fourth-order valence-electron chi connectivity index (χ4n) is 8.73. The largest absolute Gasteiger partial charge is 0.491 e. The highest BCUT2D eigenvalue weighted by molar-refractivity contribution is 5.81. The Balaban J connectivity index is 1.03. The lowest BCUT2D eigenvalue weighted by Gasteiger charge is -2.47. The number of carbonyl (C=O) groups is 1. The molecule has 10 atom stereocenters. The molecule has 1 aliphatic heterocycles. The van der Waals surface area contributed by atoms with Crippen LogP contribution in [-0.4, -0.2) is 30.7 Å². The highest BCUT2D eigenvalue weighted by Crippen LogP contribution is 2.84. The summed E-state index contributed by atoms with van der Waals surface area (Å²) < 4.78 is 11.5. The molecule has 5 saturated carbocycles. The van der Waals surface area contributed by atoms with E-state index >= 15 is 0 Å². The van der Waals surface area contributed by atoms with Gasteiger partial charge in [-0.15, -0.1) is 0 Å². The van der Waals surface area contributed by atoms with Gasteiger partial charge in [0.25, 0.3) is 0 Å². The van der Waals surface area contributed by atoms with Crippen LogP contribution in [-0.2, 0) is 16.1 Å². The first kappa shape index (κ1) is 16.2. The standard InChI is InChI=1S/C23H28N2O3/c26-23(22-19-14-6-15-18-13(14)5-16(19)20(18)21(15)22)25-7-12-1-3-24-8-17(12)28-10-11-2-4-27-9-11/h1,3,8,11,13-16,18-22H,2,4-7,9-10H2,(H,25,26). The first-order chi connectivity index (χ1) is 13.8. The van der Waals surface area contributed by atoms with Gasteiger partial charge in [0.05, 0.1) is 19.4 Å². The van der Waals surface area contributed by atoms with Crippen LogP contribution in [0.25, 0.3) is 0 Å². The summed E-state index contributed by atoms with van der Waals surface area (Å²) in [7, 11) is 0. The third kappa shape index (κ3) is 1.96. The van der Waals surface area contributed by atoms with E-state index in [1.54, 1.807) is 12.4 Å². The van der Waals surface area contributed by atoms with E-state index in [1.165, 1.54) is 12.8 Å². The van der Waals surface area contributed by atoms with Crippen molar-refractivity contribution < 1.29 is 14.3 Å². The molecule has 28 heavy (non-hydrogen) atoms. The van der Waals surface area contributed by atoms with Gasteiger partial charge in [0.1, 0.15) is 5.75 Å². The molecule has 1 aromatic heterocycles. The fraction of sp³-hybridized carbons (Fsp3) is 0.739. The number of ether oxygens (including phenoxy) is 2. The minimum atomic E-state index is 0.296. The molecule has 1 amide bonds. The molecule has 6 aliphatic rings. The van der Waals surface area contributed by atoms with E-state index in [1.807, 2.05) is 6.07 Å². The molecule has 0 spiro atoms. The van der Waals surface area contributed by atoms with Gasteiger partial charge in [-0.1, -0.05) is 0 Å². The Hall–Kier alpha value is -1.62. The molecule has 5 nitrogen and oxygen atoms in total. The van der Waals surface area contributed by atoms with Crippen molar-refractivity contribution in [2.45, 2.75) is 25.8 Å². The predicted molar refractivity (Wildman–Crippen MR) is 101 cm³/mol. The number of hydrogen-bond donors (Lipinski definition) is 1. The molecule has 7 rings (SSSR count). The molecule has 6 fully saturated rings. The van der Waals surface area contributed by atoms with Gasteiger partial charge >= 0.3 is 0 Å². The first-order valence-electron chi connectivity index (χ1n) is 11.2. The van der Waals surface area contributed by atoms with E-state index in [4.69, 9.17) is 9.47 Å². The van der Waals surface area contributed by atoms with Gasteiger partial charge in [-0.25, -0.2) is 0 Å². The molecule has 2 heterocycles. The number of rotatable bonds is 6. The SMILES string of the molecule is O=C(NCc1ccncc1OCC1CCOC1)C1C2C3CC4C5C3CC2C5C41. The number of carbonyl (C=O) groups excluding carboxylic acids is 1. The van der Waals surface area contributed by atoms with Crippen molar-refractivity contribution >= 4 is 5.91 Å². The van der Waals surface area contributed by atoms with Gasteiger partial charge in [-0.3, -0.25) is 9.78 Å². The number of pyridine rings is 1. The monoisotopic (exact) mass is 380 g/mol. The van der Waals surface area contributed by atoms with Crippen LogP contribution in [0, 0.1) is 59.2 Å². The molecule has 1 N–H and O–H groups in total. The van der Waals surface area contributed by atoms with Crippen molar-refractivity contribution in [3.05, 3.63) is 24.0 Å². The van der Waals surface area contributed by atoms with Crippen LogP contribution in [0.1, 0.15) is 24.8 Å². The Morgan fingerprint density at radius 3 is 2.86 bits per heavy atom. The summed E-state index contributed by atoms with van der Waals surface area (Å²) in [5.74, 6) is 8.81. The second-order valence-electron chi connectivity index (χ2n) is 10.2. The van der Waals surface area contributed by atoms with Crippen LogP contribution >= 0.6 is 0 Å². The average molecular weight is 380 g/mol. The lowest BCUT2D eigenvalue weighted by molar-refractivity contribution is -0.132. The number of fused-ring (bicyclic) bond motifs is 2. The van der Waals surface area contributed by atoms with E-state index in [2.05, 4.69) is 10.3 Å². The molecular weight excluding hydrogens is 352 g/mol. The molecule has 1 saturated heterocycles. The summed E-state index contributed by atoms with van der Waals surface area (Å²) in [6.07, 6.45) is 7.50. The first-order valence-corrected chi connectivity index (χ1v) is 11.2. The van der Waals surface area contributed by atoms with Crippen molar-refractivity contribution in [3.63, 3.8) is 0 Å². The number of nitrogens with one attached hydrogen (secondary N) is 1. The van der Waals surface area contributed by atoms with Crippen molar-refractivity contribution in [3.8, 4) is 5.75 Å². The van der Waals surface area contributed by atoms with Gasteiger partial charge in [0.15, 0.2) is 0 Å². The summed E-state index contributed by atoms with van der Waals surface area (Å²) in [6, 6.07) is 1.97. The number of amides is 1. The van der Waals surface area contributed by atoms with Crippen molar-refractivity contribution in [1.82, 2.24) is 10.3 Å². The fourth-order valence-corrected chi connectivity index (χ4v) is 8.73. The molecule has 5 aliphatic carbocycles. The second-order valence-corrected chi connectivity index (χ2v) is 10.2. The Labute approximate surface area is 165 Å². The maximum atomic E-state index is 13.2. The topological polar surface area (TPSA) is 60.5 Å². The Morgan fingerprint density at radius 1 is 1.14 bits per heavy atom. The summed E-state index contributed by atoms with van der Waals surface area (Å²) in [5, 5.41) is 3.29. The minimum absolute atomic E-state index is 0.296. The summed E-state index contributed by atoms with van der Waals surface area (Å²) >= 11 is 0. The van der Waals surface area contributed by atoms with Crippen LogP contribution < -0.4 is 10.1 Å². The minimum Gasteiger partial charge on any atom is -0.491 e. The number of aromatic nitrogens is 1. The van der Waals surface area contributed by atoms with E-state index in [0.717, 1.165) is 66.5 Å². The number of hydrogen-bond acceptors (Lipinski definition) is 4. The molecule has 0 radical (unpaired) electrons. The Kier molecular flexibility index (Phi) is 3.31. The molecule has 2 bridgehead atoms. The van der Waals surface area contributed by atoms with Crippen molar-refractivity contribution in [2.24, 2.45) is 59.2 Å². The lowest BCUT2D eigenvalue weighted by atomic mass is 9.57. The molecule has 0 aromatic carbocycles. The molecule has 1 aromatic rings. The summed E-state index contributed by atoms with van der Waals surface area (Å²) in [6.45, 7) is 2.82. The smallest absolute Gasteiger partial charge is 0.223 e. The Bertz CT molecular complexity index is 816. The highest BCUT2D eigenvalue weighted by Gasteiger charge is 2.81. The maximum absolute atomic E-state index is 13.2. The van der Waals surface area contributed by atoms with E-state index in [-0.39, 0.29) is 0 Å². The van der Waals surface area contributed by atoms with Crippen molar-refractivity contribution in [2.75, 3.05) is 19.8 Å². The Morgan fingerprint density at radius 2 is 2.00 bits per heavy atom. The van der Waals surface area contributed by atoms with Gasteiger partial charge in [0, 0.05) is 36.7 Å². The van der Waals surface area contributed by atoms with E-state index in [0.29, 0.717) is 42.7 Å². The number of nitrogens with zero attached hydrogens (tertiary/aromatic N) is 1. The zero-order valence-electron chi connectivity index (χ0n) is 16.1. The van der Waals surface area contributed by atoms with E-state index < -0.39 is 0 Å². The second kappa shape index (κ2) is 5.71. The van der Waals surface area contributed by atoms with Gasteiger partial charge in [-0.2, -0.15) is 0 Å². The van der Waals surface area contributed by atoms with Gasteiger partial charge in [-0.05, 0) is 72.7 Å². The summed E-state index contributed by atoms with van der Waals surface area (Å²) in [4.78, 5) is 17.4. The zero-order valence-corrected chi connectivity index (χ0v) is 16.1. The van der Waals surface area contributed by atoms with Crippen molar-refractivity contribution in [1.29, 1.82) is 0 Å². The molecule has 10 unspecified atom stereocenters. The molecule has 148 valence electrons. The zero-order chi connectivity index (χ0) is 18.4. The van der Waals surface area contributed by atoms with Crippen LogP contribution in [0.2, 0.25) is 0 Å². The molecular formula is C23H28N2O3. The van der Waals surface area contributed by atoms with Crippen LogP contribution in [0.4, 0.5) is 0 Å². The van der Waals surface area contributed by atoms with E-state index in [9.17, 15) is 4.79 Å². The van der Waals surface area contributed by atoms with Gasteiger partial charge in [0.2, 0.25) is 5.91 Å². The quantitative estimate of drug-likeness (QED) is 0.824. The van der Waals surface area contributed by atoms with Crippen LogP contribution in [0.15, 0.2) is 18.5 Å². The highest BCUT2D eigenvalue weighted by atomic mass is 16.5. The van der Waals surface area contributed by atoms with Crippen LogP contribution in [0.3, 0.4) is 0 Å². The third-order valence-electron chi connectivity index (χ3n) is 9.45. The predicted octanol–water partition coefficient (Wildman–Crippen LogP) is 2.51. The average Bonchev–Trinajstić information content (AvgIpc) is 3.42. The maximum Gasteiger partial charge on any atom is 0.223 e. The molecule has 5 heteroatoms. The van der Waals surface area contributed by atoms with Gasteiger partial charge < -0.3 is 14.8 Å². The third-order valence-corrected chi connectivity index (χ3v) is 9.45. The summed E-state index contributed by atoms with van der Waals surface area (Å²) in [5.41, 5.74) is 1.03. The lowest BCUT2D eigenvalue weighted by Crippen LogP contribution is -2.48. The normalized spacial score (nSPS) is 48.3. The van der Waals surface area contributed by atoms with Crippen LogP contribution in [0.5, 0.6) is 5.75 Å².